The Labute approximate surface area is 384 Å². The van der Waals surface area contributed by atoms with Crippen LogP contribution < -0.4 is 31.1 Å². The summed E-state index contributed by atoms with van der Waals surface area (Å²) in [5, 5.41) is 2.40. The number of benzene rings is 2. The number of methoxy groups -OCH3 is 2. The summed E-state index contributed by atoms with van der Waals surface area (Å²) < 4.78 is 130. The number of hydrogen-bond donors (Lipinski definition) is 4. The number of hydrogen-bond acceptors (Lipinski definition) is 20. The predicted molar refractivity (Wildman–Crippen MR) is 225 cm³/mol. The number of nitrogens with zero attached hydrogens (tertiary/aromatic N) is 8. The van der Waals surface area contributed by atoms with Gasteiger partial charge in [-0.2, -0.15) is 65.9 Å². The number of aromatic nitrogens is 6. The minimum Gasteiger partial charge on any atom is -0.467 e. The normalized spacial score (nSPS) is 12.7. The summed E-state index contributed by atoms with van der Waals surface area (Å²) in [6.07, 6.45) is -3.03. The Balaban J connectivity index is 0.000000604. The fourth-order valence-corrected chi connectivity index (χ4v) is 7.32. The average molecular weight is 1030 g/mol. The van der Waals surface area contributed by atoms with E-state index >= 15 is 0 Å². The van der Waals surface area contributed by atoms with Crippen LogP contribution in [0.3, 0.4) is 0 Å². The van der Waals surface area contributed by atoms with Crippen LogP contribution in [-0.4, -0.2) is 111 Å². The summed E-state index contributed by atoms with van der Waals surface area (Å²) in [5.41, 5.74) is 3.56. The topological polar surface area (TPSA) is 290 Å². The lowest BCUT2D eigenvalue weighted by molar-refractivity contribution is 0.0132. The minimum atomic E-state index is -3.95. The molecule has 33 heteroatoms. The zero-order valence-electron chi connectivity index (χ0n) is 35.7. The van der Waals surface area contributed by atoms with E-state index in [1.807, 2.05) is 38.3 Å². The minimum absolute atomic E-state index is 0.0280. The van der Waals surface area contributed by atoms with Gasteiger partial charge in [-0.05, 0) is 35.9 Å². The van der Waals surface area contributed by atoms with Crippen LogP contribution in [0.1, 0.15) is 45.8 Å². The van der Waals surface area contributed by atoms with Crippen LogP contribution in [0, 0.1) is 0 Å². The fourth-order valence-electron chi connectivity index (χ4n) is 3.54. The van der Waals surface area contributed by atoms with Gasteiger partial charge in [0.1, 0.15) is 0 Å². The second-order valence-electron chi connectivity index (χ2n) is 10.7. The molecule has 2 aromatic heterocycles. The molecule has 0 fully saturated rings. The molecule has 4 N–H and O–H groups in total. The first-order chi connectivity index (χ1) is 30.7. The molecule has 2 heterocycles. The van der Waals surface area contributed by atoms with Gasteiger partial charge in [0.25, 0.3) is 6.43 Å². The van der Waals surface area contributed by atoms with Crippen molar-refractivity contribution in [3.8, 4) is 12.0 Å². The third-order valence-corrected chi connectivity index (χ3v) is 10.4. The number of carbonyl (C=O) groups is 2. The highest BCUT2D eigenvalue weighted by atomic mass is 35.5. The molecule has 65 heavy (non-hydrogen) atoms. The van der Waals surface area contributed by atoms with Crippen molar-refractivity contribution in [2.24, 2.45) is 0 Å². The lowest BCUT2D eigenvalue weighted by Crippen LogP contribution is -2.31. The van der Waals surface area contributed by atoms with Crippen molar-refractivity contribution in [2.75, 3.05) is 53.0 Å². The number of urea groups is 2. The Hall–Kier alpha value is -5.03. The SMILES string of the molecule is CC.CC.COc1nc(NC(=O)NOS(=O)c2ccccc2S(=O)ON(C)C)nc(C(F)(F)Cl)n1.COc1nc(NC(=O)NOS(=O)c2ccccc2S(=O)ON(C)C)nc(C(F)F)n1. The number of nitrogens with one attached hydrogen (secondary N) is 4. The standard InChI is InChI=1S/C14H15ClF2N6O6S2.C14H16F2N6O6S2.2C2H6/c1-23(2)29-31(26)9-7-5-4-6-8(9)30(25)28-22-12(24)20-11-18-10(14(15,16)17)19-13(21-11)27-3;1-22(2)28-30(25)9-7-5-4-6-8(9)29(24)27-21-13(23)19-12-17-11(10(15)16)18-14(20-12)26-3;2*1-2/h4-7H,1-3H3,(H2,18,19,20,21,22,24);4-7,10H,1-3H3,(H2,17,18,19,20,21,23);2*1-2H3. The zero-order valence-corrected chi connectivity index (χ0v) is 39.7. The molecule has 4 aromatic rings. The molecule has 0 bridgehead atoms. The van der Waals surface area contributed by atoms with Crippen molar-refractivity contribution >= 4 is 79.9 Å². The third kappa shape index (κ3) is 20.4. The highest BCUT2D eigenvalue weighted by Crippen LogP contribution is 2.30. The second-order valence-corrected chi connectivity index (χ2v) is 15.4. The van der Waals surface area contributed by atoms with E-state index in [1.54, 1.807) is 17.0 Å². The summed E-state index contributed by atoms with van der Waals surface area (Å²) in [5.74, 6) is -3.28. The molecule has 0 aliphatic rings. The lowest BCUT2D eigenvalue weighted by atomic mass is 10.4. The largest absolute Gasteiger partial charge is 0.467 e. The first-order valence-electron chi connectivity index (χ1n) is 17.7. The predicted octanol–water partition coefficient (Wildman–Crippen LogP) is 4.62. The molecule has 0 spiro atoms. The van der Waals surface area contributed by atoms with Gasteiger partial charge >= 0.3 is 29.5 Å². The number of amides is 4. The number of ether oxygens (including phenoxy) is 2. The molecule has 24 nitrogen and oxygen atoms in total. The molecular formula is C32H43ClF4N12O12S4. The summed E-state index contributed by atoms with van der Waals surface area (Å²) in [6.45, 7) is 8.00. The van der Waals surface area contributed by atoms with Gasteiger partial charge in [-0.1, -0.05) is 52.0 Å². The Morgan fingerprint density at radius 3 is 1.31 bits per heavy atom. The van der Waals surface area contributed by atoms with Crippen molar-refractivity contribution in [3.05, 3.63) is 60.2 Å². The van der Waals surface area contributed by atoms with Gasteiger partial charge in [0.05, 0.1) is 33.8 Å². The molecule has 4 rings (SSSR count). The number of halogens is 5. The van der Waals surface area contributed by atoms with Crippen LogP contribution in [0.5, 0.6) is 12.0 Å². The third-order valence-electron chi connectivity index (χ3n) is 5.78. The average Bonchev–Trinajstić information content (AvgIpc) is 3.27. The molecule has 4 amide bonds. The number of anilines is 2. The lowest BCUT2D eigenvalue weighted by Gasteiger charge is -2.12. The van der Waals surface area contributed by atoms with Crippen molar-refractivity contribution in [3.63, 3.8) is 0 Å². The van der Waals surface area contributed by atoms with Crippen LogP contribution in [0.25, 0.3) is 0 Å². The highest BCUT2D eigenvalue weighted by Gasteiger charge is 2.34. The van der Waals surface area contributed by atoms with Gasteiger partial charge in [-0.3, -0.25) is 10.6 Å². The summed E-state index contributed by atoms with van der Waals surface area (Å²) in [4.78, 5) is 44.2. The quantitative estimate of drug-likeness (QED) is 0.0600. The number of alkyl halides is 5. The fraction of sp³-hybridized carbons (Fsp3) is 0.375. The van der Waals surface area contributed by atoms with E-state index in [-0.39, 0.29) is 19.6 Å². The van der Waals surface area contributed by atoms with E-state index < -0.39 is 104 Å². The van der Waals surface area contributed by atoms with E-state index in [0.717, 1.165) is 14.2 Å². The molecule has 2 aromatic carbocycles. The van der Waals surface area contributed by atoms with Gasteiger partial charge in [-0.15, -0.1) is 0 Å². The van der Waals surface area contributed by atoms with Crippen molar-refractivity contribution in [1.29, 1.82) is 0 Å². The monoisotopic (exact) mass is 1030 g/mol. The van der Waals surface area contributed by atoms with Crippen LogP contribution in [0.2, 0.25) is 0 Å². The number of rotatable bonds is 18. The van der Waals surface area contributed by atoms with E-state index in [2.05, 4.69) is 39.4 Å². The van der Waals surface area contributed by atoms with Gasteiger partial charge in [0.2, 0.25) is 67.9 Å². The highest BCUT2D eigenvalue weighted by molar-refractivity contribution is 7.83. The number of hydroxylamine groups is 6. The van der Waals surface area contributed by atoms with Crippen LogP contribution >= 0.6 is 11.6 Å². The smallest absolute Gasteiger partial charge is 0.382 e. The second kappa shape index (κ2) is 29.5. The van der Waals surface area contributed by atoms with Crippen LogP contribution in [-0.2, 0) is 66.8 Å². The maximum Gasteiger partial charge on any atom is 0.382 e. The number of carbonyl (C=O) groups excluding carboxylic acids is 2. The zero-order chi connectivity index (χ0) is 49.4. The maximum absolute atomic E-state index is 13.2. The van der Waals surface area contributed by atoms with Gasteiger partial charge in [0, 0.05) is 28.2 Å². The molecule has 0 aliphatic carbocycles. The van der Waals surface area contributed by atoms with Gasteiger partial charge in [0.15, 0.2) is 0 Å². The molecule has 0 saturated carbocycles. The Kier molecular flexibility index (Phi) is 26.3. The molecule has 362 valence electrons. The van der Waals surface area contributed by atoms with E-state index in [9.17, 15) is 44.0 Å². The van der Waals surface area contributed by atoms with Gasteiger partial charge in [-0.25, -0.2) is 46.2 Å². The van der Waals surface area contributed by atoms with E-state index in [4.69, 9.17) is 28.7 Å². The summed E-state index contributed by atoms with van der Waals surface area (Å²) in [7, 11) is 8.26. The van der Waals surface area contributed by atoms with Crippen molar-refractivity contribution in [2.45, 2.75) is 59.1 Å². The van der Waals surface area contributed by atoms with Crippen molar-refractivity contribution in [1.82, 2.24) is 51.0 Å². The van der Waals surface area contributed by atoms with Crippen molar-refractivity contribution < 1.29 is 70.6 Å². The Bertz CT molecular complexity index is 2260. The molecule has 4 atom stereocenters. The van der Waals surface area contributed by atoms with E-state index in [1.165, 1.54) is 80.8 Å². The first kappa shape index (κ1) is 58.0. The van der Waals surface area contributed by atoms with Gasteiger partial charge < -0.3 is 9.47 Å². The molecule has 0 aliphatic heterocycles. The first-order valence-corrected chi connectivity index (χ1v) is 22.4. The maximum atomic E-state index is 13.2. The van der Waals surface area contributed by atoms with E-state index in [0.29, 0.717) is 0 Å². The Morgan fingerprint density at radius 1 is 0.615 bits per heavy atom. The summed E-state index contributed by atoms with van der Waals surface area (Å²) in [6, 6.07) is 8.29. The molecular weight excluding hydrogens is 984 g/mol. The summed E-state index contributed by atoms with van der Waals surface area (Å²) >= 11 is -3.73. The molecule has 0 radical (unpaired) electrons. The molecule has 4 unspecified atom stereocenters. The molecule has 0 saturated heterocycles. The Morgan fingerprint density at radius 2 is 0.969 bits per heavy atom. The van der Waals surface area contributed by atoms with Crippen LogP contribution in [0.15, 0.2) is 68.1 Å². The van der Waals surface area contributed by atoms with Crippen LogP contribution in [0.4, 0.5) is 39.0 Å².